The van der Waals surface area contributed by atoms with Crippen molar-refractivity contribution in [3.05, 3.63) is 23.8 Å². The predicted molar refractivity (Wildman–Crippen MR) is 97.5 cm³/mol. The zero-order valence-corrected chi connectivity index (χ0v) is 14.6. The molecule has 2 rings (SSSR count). The fourth-order valence-electron chi connectivity index (χ4n) is 2.67. The first-order valence-corrected chi connectivity index (χ1v) is 8.54. The lowest BCUT2D eigenvalue weighted by Crippen LogP contribution is -2.40. The highest BCUT2D eigenvalue weighted by Gasteiger charge is 2.13. The number of ether oxygens (including phenoxy) is 2. The Balaban J connectivity index is 1.85. The van der Waals surface area contributed by atoms with Crippen molar-refractivity contribution in [1.82, 2.24) is 10.7 Å². The van der Waals surface area contributed by atoms with Gasteiger partial charge in [0.05, 0.1) is 19.9 Å². The van der Waals surface area contributed by atoms with E-state index in [1.54, 1.807) is 13.3 Å². The van der Waals surface area contributed by atoms with E-state index in [1.165, 1.54) is 32.1 Å². The van der Waals surface area contributed by atoms with Crippen LogP contribution in [-0.4, -0.2) is 31.1 Å². The monoisotopic (exact) mass is 335 g/mol. The molecule has 0 bridgehead atoms. The second kappa shape index (κ2) is 9.35. The van der Waals surface area contributed by atoms with E-state index in [4.69, 9.17) is 21.7 Å². The molecule has 23 heavy (non-hydrogen) atoms. The number of benzene rings is 1. The van der Waals surface area contributed by atoms with E-state index in [9.17, 15) is 0 Å². The van der Waals surface area contributed by atoms with Gasteiger partial charge in [0.25, 0.3) is 0 Å². The van der Waals surface area contributed by atoms with E-state index < -0.39 is 0 Å². The van der Waals surface area contributed by atoms with E-state index in [0.717, 1.165) is 11.3 Å². The van der Waals surface area contributed by atoms with E-state index in [1.807, 2.05) is 25.1 Å². The lowest BCUT2D eigenvalue weighted by Gasteiger charge is -2.23. The maximum absolute atomic E-state index is 5.49. The summed E-state index contributed by atoms with van der Waals surface area (Å²) < 4.78 is 10.8. The quantitative estimate of drug-likeness (QED) is 0.475. The molecule has 1 aliphatic carbocycles. The largest absolute Gasteiger partial charge is 0.493 e. The third-order valence-electron chi connectivity index (χ3n) is 3.81. The molecule has 2 N–H and O–H groups in total. The summed E-state index contributed by atoms with van der Waals surface area (Å²) in [5.74, 6) is 1.42. The summed E-state index contributed by atoms with van der Waals surface area (Å²) in [6.45, 7) is 2.55. The minimum Gasteiger partial charge on any atom is -0.493 e. The van der Waals surface area contributed by atoms with Crippen LogP contribution in [0, 0.1) is 0 Å². The molecule has 0 radical (unpaired) electrons. The predicted octanol–water partition coefficient (Wildman–Crippen LogP) is 3.22. The second-order valence-electron chi connectivity index (χ2n) is 5.52. The molecule has 0 amide bonds. The van der Waals surface area contributed by atoms with Gasteiger partial charge in [-0.15, -0.1) is 0 Å². The van der Waals surface area contributed by atoms with Crippen LogP contribution in [0.1, 0.15) is 44.6 Å². The van der Waals surface area contributed by atoms with Crippen molar-refractivity contribution in [3.8, 4) is 11.5 Å². The molecule has 0 spiro atoms. The van der Waals surface area contributed by atoms with Crippen LogP contribution in [0.4, 0.5) is 0 Å². The maximum atomic E-state index is 5.49. The molecule has 0 aromatic heterocycles. The Kier molecular flexibility index (Phi) is 7.13. The van der Waals surface area contributed by atoms with Crippen LogP contribution < -0.4 is 20.2 Å². The molecule has 0 heterocycles. The second-order valence-corrected chi connectivity index (χ2v) is 5.93. The molecule has 1 aromatic carbocycles. The molecule has 0 saturated heterocycles. The average molecular weight is 335 g/mol. The number of nitrogens with one attached hydrogen (secondary N) is 2. The van der Waals surface area contributed by atoms with Gasteiger partial charge < -0.3 is 14.8 Å². The van der Waals surface area contributed by atoms with Gasteiger partial charge in [-0.25, -0.2) is 0 Å². The summed E-state index contributed by atoms with van der Waals surface area (Å²) in [7, 11) is 1.63. The number of hydrogen-bond donors (Lipinski definition) is 2. The van der Waals surface area contributed by atoms with Crippen molar-refractivity contribution >= 4 is 23.5 Å². The van der Waals surface area contributed by atoms with Crippen molar-refractivity contribution in [1.29, 1.82) is 0 Å². The SMILES string of the molecule is CCOc1ccc(/C=N\NC(=S)NC2CCCCC2)cc1OC. The highest BCUT2D eigenvalue weighted by Crippen LogP contribution is 2.27. The summed E-state index contributed by atoms with van der Waals surface area (Å²) in [5.41, 5.74) is 3.79. The minimum atomic E-state index is 0.476. The maximum Gasteiger partial charge on any atom is 0.187 e. The Labute approximate surface area is 143 Å². The fourth-order valence-corrected chi connectivity index (χ4v) is 2.89. The third-order valence-corrected chi connectivity index (χ3v) is 4.02. The van der Waals surface area contributed by atoms with Crippen LogP contribution >= 0.6 is 12.2 Å². The number of thiocarbonyl (C=S) groups is 1. The van der Waals surface area contributed by atoms with Crippen LogP contribution in [0.2, 0.25) is 0 Å². The molecule has 1 aliphatic rings. The van der Waals surface area contributed by atoms with Crippen molar-refractivity contribution < 1.29 is 9.47 Å². The van der Waals surface area contributed by atoms with Crippen LogP contribution in [0.5, 0.6) is 11.5 Å². The topological polar surface area (TPSA) is 54.9 Å². The van der Waals surface area contributed by atoms with Crippen LogP contribution in [-0.2, 0) is 0 Å². The first kappa shape index (κ1) is 17.5. The Morgan fingerprint density at radius 1 is 1.30 bits per heavy atom. The summed E-state index contributed by atoms with van der Waals surface area (Å²) in [5, 5.41) is 8.07. The van der Waals surface area contributed by atoms with E-state index >= 15 is 0 Å². The lowest BCUT2D eigenvalue weighted by atomic mass is 9.96. The van der Waals surface area contributed by atoms with Gasteiger partial charge >= 0.3 is 0 Å². The lowest BCUT2D eigenvalue weighted by molar-refractivity contribution is 0.311. The van der Waals surface area contributed by atoms with E-state index in [0.29, 0.717) is 23.5 Å². The van der Waals surface area contributed by atoms with Gasteiger partial charge in [0.2, 0.25) is 0 Å². The summed E-state index contributed by atoms with van der Waals surface area (Å²) in [6.07, 6.45) is 7.96. The number of hydrogen-bond acceptors (Lipinski definition) is 4. The zero-order valence-electron chi connectivity index (χ0n) is 13.8. The van der Waals surface area contributed by atoms with Gasteiger partial charge in [-0.2, -0.15) is 5.10 Å². The summed E-state index contributed by atoms with van der Waals surface area (Å²) in [4.78, 5) is 0. The standard InChI is InChI=1S/C17H25N3O2S/c1-3-22-15-10-9-13(11-16(15)21-2)12-18-20-17(23)19-14-7-5-4-6-8-14/h9-12,14H,3-8H2,1-2H3,(H2,19,20,23)/b18-12-. The first-order chi connectivity index (χ1) is 11.2. The van der Waals surface area contributed by atoms with Gasteiger partial charge in [0, 0.05) is 6.04 Å². The Bertz CT molecular complexity index is 543. The molecule has 0 aliphatic heterocycles. The smallest absolute Gasteiger partial charge is 0.187 e. The normalized spacial score (nSPS) is 15.4. The van der Waals surface area contributed by atoms with E-state index in [2.05, 4.69) is 15.8 Å². The van der Waals surface area contributed by atoms with Gasteiger partial charge in [-0.1, -0.05) is 19.3 Å². The van der Waals surface area contributed by atoms with Crippen molar-refractivity contribution in [2.45, 2.75) is 45.1 Å². The first-order valence-electron chi connectivity index (χ1n) is 8.13. The molecular weight excluding hydrogens is 310 g/mol. The number of nitrogens with zero attached hydrogens (tertiary/aromatic N) is 1. The van der Waals surface area contributed by atoms with Crippen molar-refractivity contribution in [3.63, 3.8) is 0 Å². The molecule has 6 heteroatoms. The summed E-state index contributed by atoms with van der Waals surface area (Å²) in [6, 6.07) is 6.16. The zero-order chi connectivity index (χ0) is 16.5. The highest BCUT2D eigenvalue weighted by atomic mass is 32.1. The Hall–Kier alpha value is -1.82. The van der Waals surface area contributed by atoms with Gasteiger partial charge in [0.1, 0.15) is 0 Å². The minimum absolute atomic E-state index is 0.476. The van der Waals surface area contributed by atoms with Crippen molar-refractivity contribution in [2.75, 3.05) is 13.7 Å². The third kappa shape index (κ3) is 5.71. The molecule has 5 nitrogen and oxygen atoms in total. The number of methoxy groups -OCH3 is 1. The van der Waals surface area contributed by atoms with Crippen LogP contribution in [0.15, 0.2) is 23.3 Å². The molecule has 1 saturated carbocycles. The van der Waals surface area contributed by atoms with E-state index in [-0.39, 0.29) is 0 Å². The molecule has 126 valence electrons. The van der Waals surface area contributed by atoms with Gasteiger partial charge in [0.15, 0.2) is 16.6 Å². The van der Waals surface area contributed by atoms with Gasteiger partial charge in [-0.05, 0) is 55.7 Å². The summed E-state index contributed by atoms with van der Waals surface area (Å²) >= 11 is 5.27. The molecule has 0 atom stereocenters. The van der Waals surface area contributed by atoms with Crippen LogP contribution in [0.25, 0.3) is 0 Å². The Morgan fingerprint density at radius 3 is 2.78 bits per heavy atom. The number of rotatable bonds is 6. The Morgan fingerprint density at radius 2 is 2.09 bits per heavy atom. The van der Waals surface area contributed by atoms with Crippen LogP contribution in [0.3, 0.4) is 0 Å². The number of hydrazone groups is 1. The molecule has 1 fully saturated rings. The molecule has 0 unspecified atom stereocenters. The molecular formula is C17H25N3O2S. The molecule has 1 aromatic rings. The van der Waals surface area contributed by atoms with Crippen molar-refractivity contribution in [2.24, 2.45) is 5.10 Å². The highest BCUT2D eigenvalue weighted by molar-refractivity contribution is 7.80. The average Bonchev–Trinajstić information content (AvgIpc) is 2.57. The van der Waals surface area contributed by atoms with Gasteiger partial charge in [-0.3, -0.25) is 5.43 Å². The fraction of sp³-hybridized carbons (Fsp3) is 0.529.